The summed E-state index contributed by atoms with van der Waals surface area (Å²) in [6.45, 7) is 3.92. The summed E-state index contributed by atoms with van der Waals surface area (Å²) in [4.78, 5) is 24.6. The zero-order chi connectivity index (χ0) is 11.7. The topological polar surface area (TPSA) is 57.6 Å². The van der Waals surface area contributed by atoms with Crippen molar-refractivity contribution in [3.05, 3.63) is 12.2 Å². The molecule has 2 aliphatic heterocycles. The Balaban J connectivity index is 2.25. The highest BCUT2D eigenvalue weighted by molar-refractivity contribution is 5.85. The third-order valence-corrected chi connectivity index (χ3v) is 3.54. The van der Waals surface area contributed by atoms with E-state index in [0.29, 0.717) is 12.8 Å². The van der Waals surface area contributed by atoms with Gasteiger partial charge in [-0.3, -0.25) is 4.79 Å². The molecule has 2 saturated heterocycles. The standard InChI is InChI=1S/C12H17NO3/c1-8-7-10(12(15)16)13-9(8)5-3-2-4-6-11(13)14/h9-10H,1-7H2,(H,15,16). The maximum atomic E-state index is 11.9. The van der Waals surface area contributed by atoms with Crippen molar-refractivity contribution in [2.45, 2.75) is 50.6 Å². The summed E-state index contributed by atoms with van der Waals surface area (Å²) in [5.74, 6) is -0.923. The van der Waals surface area contributed by atoms with E-state index in [1.165, 1.54) is 0 Å². The molecule has 0 aliphatic carbocycles. The van der Waals surface area contributed by atoms with E-state index in [2.05, 4.69) is 6.58 Å². The zero-order valence-corrected chi connectivity index (χ0v) is 9.32. The van der Waals surface area contributed by atoms with Crippen molar-refractivity contribution in [3.8, 4) is 0 Å². The molecular weight excluding hydrogens is 206 g/mol. The minimum Gasteiger partial charge on any atom is -0.480 e. The highest BCUT2D eigenvalue weighted by Crippen LogP contribution is 2.34. The Hall–Kier alpha value is -1.32. The average Bonchev–Trinajstić information content (AvgIpc) is 2.52. The Bertz CT molecular complexity index is 337. The summed E-state index contributed by atoms with van der Waals surface area (Å²) in [7, 11) is 0. The fourth-order valence-electron chi connectivity index (χ4n) is 2.71. The van der Waals surface area contributed by atoms with Gasteiger partial charge in [0.25, 0.3) is 0 Å². The van der Waals surface area contributed by atoms with Crippen molar-refractivity contribution < 1.29 is 14.7 Å². The number of hydrogen-bond acceptors (Lipinski definition) is 2. The molecule has 1 amide bonds. The van der Waals surface area contributed by atoms with E-state index in [-0.39, 0.29) is 11.9 Å². The number of fused-ring (bicyclic) bond motifs is 1. The molecule has 88 valence electrons. The molecule has 1 N–H and O–H groups in total. The van der Waals surface area contributed by atoms with Crippen molar-refractivity contribution in [2.75, 3.05) is 0 Å². The summed E-state index contributed by atoms with van der Waals surface area (Å²) in [6.07, 6.45) is 4.76. The van der Waals surface area contributed by atoms with E-state index in [4.69, 9.17) is 5.11 Å². The summed E-state index contributed by atoms with van der Waals surface area (Å²) < 4.78 is 0. The largest absolute Gasteiger partial charge is 0.480 e. The van der Waals surface area contributed by atoms with Crippen LogP contribution < -0.4 is 0 Å². The van der Waals surface area contributed by atoms with Crippen LogP contribution in [0.25, 0.3) is 0 Å². The molecule has 4 nitrogen and oxygen atoms in total. The second kappa shape index (κ2) is 4.28. The molecule has 0 radical (unpaired) electrons. The first-order valence-electron chi connectivity index (χ1n) is 5.83. The Kier molecular flexibility index (Phi) is 2.99. The van der Waals surface area contributed by atoms with Gasteiger partial charge in [-0.25, -0.2) is 4.79 Å². The van der Waals surface area contributed by atoms with Gasteiger partial charge in [0.1, 0.15) is 6.04 Å². The normalized spacial score (nSPS) is 30.9. The van der Waals surface area contributed by atoms with Gasteiger partial charge in [0.15, 0.2) is 0 Å². The van der Waals surface area contributed by atoms with Crippen molar-refractivity contribution >= 4 is 11.9 Å². The lowest BCUT2D eigenvalue weighted by molar-refractivity contribution is -0.150. The number of carbonyl (C=O) groups excluding carboxylic acids is 1. The Morgan fingerprint density at radius 3 is 2.81 bits per heavy atom. The summed E-state index contributed by atoms with van der Waals surface area (Å²) in [5.41, 5.74) is 0.905. The molecule has 0 saturated carbocycles. The van der Waals surface area contributed by atoms with Crippen LogP contribution >= 0.6 is 0 Å². The van der Waals surface area contributed by atoms with E-state index < -0.39 is 12.0 Å². The predicted molar refractivity (Wildman–Crippen MR) is 58.9 cm³/mol. The number of carboxylic acids is 1. The third-order valence-electron chi connectivity index (χ3n) is 3.54. The molecule has 2 rings (SSSR count). The summed E-state index contributed by atoms with van der Waals surface area (Å²) in [5, 5.41) is 9.11. The Labute approximate surface area is 94.9 Å². The van der Waals surface area contributed by atoms with Gasteiger partial charge in [0.05, 0.1) is 6.04 Å². The smallest absolute Gasteiger partial charge is 0.326 e. The molecule has 0 aromatic heterocycles. The molecule has 2 unspecified atom stereocenters. The maximum absolute atomic E-state index is 11.9. The van der Waals surface area contributed by atoms with Crippen LogP contribution in [0.2, 0.25) is 0 Å². The fourth-order valence-corrected chi connectivity index (χ4v) is 2.71. The number of amides is 1. The number of carboxylic acid groups (broad SMARTS) is 1. The molecule has 2 aliphatic rings. The monoisotopic (exact) mass is 223 g/mol. The van der Waals surface area contributed by atoms with Gasteiger partial charge < -0.3 is 10.0 Å². The van der Waals surface area contributed by atoms with E-state index in [9.17, 15) is 9.59 Å². The van der Waals surface area contributed by atoms with Gasteiger partial charge >= 0.3 is 5.97 Å². The van der Waals surface area contributed by atoms with E-state index in [0.717, 1.165) is 31.3 Å². The summed E-state index contributed by atoms with van der Waals surface area (Å²) in [6, 6.07) is -0.711. The van der Waals surface area contributed by atoms with Crippen LogP contribution in [0.1, 0.15) is 38.5 Å². The molecule has 0 bridgehead atoms. The molecule has 2 fully saturated rings. The minimum atomic E-state index is -0.905. The van der Waals surface area contributed by atoms with Gasteiger partial charge in [0, 0.05) is 12.8 Å². The first-order valence-corrected chi connectivity index (χ1v) is 5.83. The number of nitrogens with zero attached hydrogens (tertiary/aromatic N) is 1. The lowest BCUT2D eigenvalue weighted by atomic mass is 9.99. The van der Waals surface area contributed by atoms with Crippen molar-refractivity contribution in [3.63, 3.8) is 0 Å². The van der Waals surface area contributed by atoms with Gasteiger partial charge in [-0.2, -0.15) is 0 Å². The molecule has 0 aromatic rings. The van der Waals surface area contributed by atoms with Crippen LogP contribution in [0, 0.1) is 0 Å². The van der Waals surface area contributed by atoms with Crippen LogP contribution in [0.15, 0.2) is 12.2 Å². The van der Waals surface area contributed by atoms with Gasteiger partial charge in [-0.1, -0.05) is 25.0 Å². The summed E-state index contributed by atoms with van der Waals surface area (Å²) >= 11 is 0. The molecule has 2 atom stereocenters. The molecule has 0 aromatic carbocycles. The van der Waals surface area contributed by atoms with Gasteiger partial charge in [0.2, 0.25) is 5.91 Å². The van der Waals surface area contributed by atoms with E-state index in [1.807, 2.05) is 0 Å². The molecule has 0 spiro atoms. The minimum absolute atomic E-state index is 0.0178. The van der Waals surface area contributed by atoms with E-state index in [1.54, 1.807) is 4.90 Å². The number of hydrogen-bond donors (Lipinski definition) is 1. The number of rotatable bonds is 1. The fraction of sp³-hybridized carbons (Fsp3) is 0.667. The first kappa shape index (κ1) is 11.2. The van der Waals surface area contributed by atoms with E-state index >= 15 is 0 Å². The molecular formula is C12H17NO3. The lowest BCUT2D eigenvalue weighted by Crippen LogP contribution is -2.45. The van der Waals surface area contributed by atoms with Crippen molar-refractivity contribution in [1.82, 2.24) is 4.90 Å². The Morgan fingerprint density at radius 1 is 1.38 bits per heavy atom. The quantitative estimate of drug-likeness (QED) is 0.686. The van der Waals surface area contributed by atoms with Gasteiger partial charge in [-0.15, -0.1) is 0 Å². The highest BCUT2D eigenvalue weighted by atomic mass is 16.4. The third kappa shape index (κ3) is 1.84. The SMILES string of the molecule is C=C1CC(C(=O)O)N2C(=O)CCCCCC12. The maximum Gasteiger partial charge on any atom is 0.326 e. The predicted octanol–water partition coefficient (Wildman–Crippen LogP) is 1.56. The first-order chi connectivity index (χ1) is 7.61. The van der Waals surface area contributed by atoms with Crippen molar-refractivity contribution in [2.24, 2.45) is 0 Å². The van der Waals surface area contributed by atoms with Crippen LogP contribution in [-0.4, -0.2) is 34.0 Å². The van der Waals surface area contributed by atoms with Gasteiger partial charge in [-0.05, 0) is 12.8 Å². The van der Waals surface area contributed by atoms with Crippen LogP contribution in [0.5, 0.6) is 0 Å². The van der Waals surface area contributed by atoms with Crippen LogP contribution in [0.4, 0.5) is 0 Å². The van der Waals surface area contributed by atoms with Crippen LogP contribution in [-0.2, 0) is 9.59 Å². The second-order valence-corrected chi connectivity index (χ2v) is 4.63. The Morgan fingerprint density at radius 2 is 2.12 bits per heavy atom. The second-order valence-electron chi connectivity index (χ2n) is 4.63. The average molecular weight is 223 g/mol. The van der Waals surface area contributed by atoms with Crippen LogP contribution in [0.3, 0.4) is 0 Å². The highest BCUT2D eigenvalue weighted by Gasteiger charge is 2.42. The molecule has 2 heterocycles. The molecule has 4 heteroatoms. The molecule has 16 heavy (non-hydrogen) atoms. The number of carbonyl (C=O) groups is 2. The van der Waals surface area contributed by atoms with Crippen molar-refractivity contribution in [1.29, 1.82) is 0 Å². The zero-order valence-electron chi connectivity index (χ0n) is 9.32. The number of aliphatic carboxylic acids is 1. The lowest BCUT2D eigenvalue weighted by Gasteiger charge is -2.30.